The topological polar surface area (TPSA) is 0 Å². The first-order valence-corrected chi connectivity index (χ1v) is 16.7. The molecule has 0 amide bonds. The zero-order chi connectivity index (χ0) is 31.8. The van der Waals surface area contributed by atoms with Crippen LogP contribution in [-0.4, -0.2) is 6.26 Å². The fourth-order valence-corrected chi connectivity index (χ4v) is 5.66. The van der Waals surface area contributed by atoms with Crippen LogP contribution in [0.3, 0.4) is 0 Å². The van der Waals surface area contributed by atoms with Crippen molar-refractivity contribution >= 4 is 41.1 Å². The lowest BCUT2D eigenvalue weighted by atomic mass is 9.88. The summed E-state index contributed by atoms with van der Waals surface area (Å²) in [5, 5.41) is 2.68. The Bertz CT molecular complexity index is 1560. The number of rotatable bonds is 7. The van der Waals surface area contributed by atoms with E-state index in [1.807, 2.05) is 27.7 Å². The minimum absolute atomic E-state index is 0.893. The number of fused-ring (bicyclic) bond motifs is 2. The molecule has 4 aromatic rings. The van der Waals surface area contributed by atoms with Gasteiger partial charge in [-0.1, -0.05) is 137 Å². The Balaban J connectivity index is 0.00000101. The molecule has 0 saturated carbocycles. The van der Waals surface area contributed by atoms with Crippen LogP contribution in [0.5, 0.6) is 0 Å². The molecule has 43 heavy (non-hydrogen) atoms. The van der Waals surface area contributed by atoms with E-state index >= 15 is 0 Å². The molecule has 0 spiro atoms. The molecule has 226 valence electrons. The Hall–Kier alpha value is -3.55. The molecular weight excluding hydrogens is 537 g/mol. The largest absolute Gasteiger partial charge is 0.183 e. The lowest BCUT2D eigenvalue weighted by molar-refractivity contribution is 0.947. The minimum Gasteiger partial charge on any atom is -0.183 e. The van der Waals surface area contributed by atoms with Gasteiger partial charge in [-0.15, -0.1) is 0 Å². The van der Waals surface area contributed by atoms with E-state index in [-0.39, 0.29) is 0 Å². The average Bonchev–Trinajstić information content (AvgIpc) is 3.33. The van der Waals surface area contributed by atoms with E-state index in [1.54, 1.807) is 6.26 Å². The van der Waals surface area contributed by atoms with Crippen LogP contribution in [0.1, 0.15) is 85.5 Å². The normalized spacial score (nSPS) is 11.8. The SMILES string of the molecule is C=C/C(Cc1ccc2c(c1C)C=CCC=C2)=C(/C)c1ccccc1CCc1ccc2ccccc2c1C.CC.CC.CS. The van der Waals surface area contributed by atoms with Crippen LogP contribution in [0.25, 0.3) is 28.5 Å². The fraction of sp³-hybridized carbons (Fsp3) is 0.286. The molecule has 0 unspecified atom stereocenters. The number of hydrogen-bond donors (Lipinski definition) is 1. The lowest BCUT2D eigenvalue weighted by Crippen LogP contribution is -2.01. The predicted octanol–water partition coefficient (Wildman–Crippen LogP) is 12.5. The van der Waals surface area contributed by atoms with Gasteiger partial charge in [-0.25, -0.2) is 0 Å². The van der Waals surface area contributed by atoms with Gasteiger partial charge in [0.25, 0.3) is 0 Å². The molecule has 5 rings (SSSR count). The zero-order valence-electron chi connectivity index (χ0n) is 27.8. The number of allylic oxidation sites excluding steroid dienone is 5. The summed E-state index contributed by atoms with van der Waals surface area (Å²) < 4.78 is 0. The molecule has 0 aromatic heterocycles. The Morgan fingerprint density at radius 1 is 0.721 bits per heavy atom. The van der Waals surface area contributed by atoms with E-state index in [4.69, 9.17) is 0 Å². The lowest BCUT2D eigenvalue weighted by Gasteiger charge is -2.17. The molecule has 0 atom stereocenters. The van der Waals surface area contributed by atoms with Crippen LogP contribution in [0.2, 0.25) is 0 Å². The van der Waals surface area contributed by atoms with Gasteiger partial charge in [0.05, 0.1) is 0 Å². The van der Waals surface area contributed by atoms with Gasteiger partial charge in [0, 0.05) is 0 Å². The molecule has 1 aliphatic carbocycles. The zero-order valence-corrected chi connectivity index (χ0v) is 28.7. The number of aryl methyl sites for hydroxylation is 3. The van der Waals surface area contributed by atoms with E-state index in [0.717, 1.165) is 25.7 Å². The third kappa shape index (κ3) is 8.97. The van der Waals surface area contributed by atoms with Crippen LogP contribution in [0.4, 0.5) is 0 Å². The first-order chi connectivity index (χ1) is 21.1. The molecule has 1 heteroatoms. The predicted molar refractivity (Wildman–Crippen MR) is 200 cm³/mol. The monoisotopic (exact) mass is 588 g/mol. The molecule has 1 aliphatic rings. The van der Waals surface area contributed by atoms with E-state index < -0.39 is 0 Å². The molecule has 0 N–H and O–H groups in total. The van der Waals surface area contributed by atoms with Crippen molar-refractivity contribution in [2.75, 3.05) is 6.26 Å². The first kappa shape index (κ1) is 35.6. The van der Waals surface area contributed by atoms with Crippen LogP contribution in [-0.2, 0) is 19.3 Å². The van der Waals surface area contributed by atoms with Gasteiger partial charge in [-0.05, 0) is 119 Å². The fourth-order valence-electron chi connectivity index (χ4n) is 5.66. The van der Waals surface area contributed by atoms with Crippen molar-refractivity contribution in [2.45, 2.75) is 74.1 Å². The number of thiol groups is 1. The van der Waals surface area contributed by atoms with Crippen molar-refractivity contribution in [3.8, 4) is 0 Å². The van der Waals surface area contributed by atoms with Gasteiger partial charge in [0.2, 0.25) is 0 Å². The van der Waals surface area contributed by atoms with Gasteiger partial charge in [0.1, 0.15) is 0 Å². The molecule has 0 saturated heterocycles. The van der Waals surface area contributed by atoms with Gasteiger partial charge in [0.15, 0.2) is 0 Å². The average molecular weight is 589 g/mol. The maximum absolute atomic E-state index is 4.22. The second-order valence-electron chi connectivity index (χ2n) is 10.2. The summed E-state index contributed by atoms with van der Waals surface area (Å²) in [4.78, 5) is 0. The quantitative estimate of drug-likeness (QED) is 0.161. The molecule has 4 aromatic carbocycles. The van der Waals surface area contributed by atoms with E-state index in [2.05, 4.69) is 143 Å². The van der Waals surface area contributed by atoms with Crippen molar-refractivity contribution in [1.82, 2.24) is 0 Å². The van der Waals surface area contributed by atoms with E-state index in [0.29, 0.717) is 0 Å². The summed E-state index contributed by atoms with van der Waals surface area (Å²) in [5.41, 5.74) is 13.6. The Kier molecular flexibility index (Phi) is 15.6. The second-order valence-corrected chi connectivity index (χ2v) is 10.2. The van der Waals surface area contributed by atoms with Crippen molar-refractivity contribution in [1.29, 1.82) is 0 Å². The molecule has 0 bridgehead atoms. The molecule has 0 heterocycles. The smallest absolute Gasteiger partial charge is 0.00203 e. The second kappa shape index (κ2) is 18.9. The molecule has 0 aliphatic heterocycles. The minimum atomic E-state index is 0.893. The summed E-state index contributed by atoms with van der Waals surface area (Å²) in [7, 11) is 0. The summed E-state index contributed by atoms with van der Waals surface area (Å²) in [5.74, 6) is 0. The summed E-state index contributed by atoms with van der Waals surface area (Å²) >= 11 is 3.53. The van der Waals surface area contributed by atoms with Gasteiger partial charge in [-0.2, -0.15) is 12.6 Å². The third-order valence-electron chi connectivity index (χ3n) is 8.02. The van der Waals surface area contributed by atoms with Crippen LogP contribution in [0.15, 0.2) is 103 Å². The highest BCUT2D eigenvalue weighted by molar-refractivity contribution is 7.79. The van der Waals surface area contributed by atoms with Crippen LogP contribution in [0, 0.1) is 13.8 Å². The first-order valence-electron chi connectivity index (χ1n) is 15.8. The highest BCUT2D eigenvalue weighted by Gasteiger charge is 2.13. The van der Waals surface area contributed by atoms with Crippen LogP contribution >= 0.6 is 12.6 Å². The molecule has 0 nitrogen and oxygen atoms in total. The van der Waals surface area contributed by atoms with Crippen molar-refractivity contribution in [3.05, 3.63) is 148 Å². The standard InChI is InChI=1S/C37H36.2C2H6.CH4S/c1-5-29(25-34-24-23-31-13-7-6-8-16-37(31)28(34)4)26(2)35-17-11-9-14-32(35)21-19-30-20-22-33-15-10-12-18-36(33)27(30)3;3*1-2/h5,7-18,20,22-24H,1,6,19,21,25H2,2-4H3;2*1-2H3;2H,1H3/b29-26+;;;. The molecule has 0 radical (unpaired) electrons. The molecular formula is C42H52S. The Labute approximate surface area is 268 Å². The third-order valence-corrected chi connectivity index (χ3v) is 8.02. The summed E-state index contributed by atoms with van der Waals surface area (Å²) in [6.45, 7) is 19.0. The number of benzene rings is 4. The van der Waals surface area contributed by atoms with E-state index in [1.165, 1.54) is 66.4 Å². The summed E-state index contributed by atoms with van der Waals surface area (Å²) in [6, 6.07) is 26.7. The van der Waals surface area contributed by atoms with Crippen molar-refractivity contribution in [3.63, 3.8) is 0 Å². The Morgan fingerprint density at radius 2 is 1.35 bits per heavy atom. The maximum atomic E-state index is 4.22. The van der Waals surface area contributed by atoms with Crippen molar-refractivity contribution < 1.29 is 0 Å². The van der Waals surface area contributed by atoms with Gasteiger partial charge >= 0.3 is 0 Å². The summed E-state index contributed by atoms with van der Waals surface area (Å²) in [6.07, 6.45) is 16.7. The molecule has 0 fully saturated rings. The van der Waals surface area contributed by atoms with Gasteiger partial charge in [-0.3, -0.25) is 0 Å². The maximum Gasteiger partial charge on any atom is -0.00203 e. The van der Waals surface area contributed by atoms with Crippen LogP contribution < -0.4 is 0 Å². The highest BCUT2D eigenvalue weighted by atomic mass is 32.1. The van der Waals surface area contributed by atoms with Crippen molar-refractivity contribution in [2.24, 2.45) is 0 Å². The van der Waals surface area contributed by atoms with Gasteiger partial charge < -0.3 is 0 Å². The van der Waals surface area contributed by atoms with E-state index in [9.17, 15) is 0 Å². The highest BCUT2D eigenvalue weighted by Crippen LogP contribution is 2.30. The Morgan fingerprint density at radius 3 is 2.09 bits per heavy atom. The number of hydrogen-bond acceptors (Lipinski definition) is 1.